The van der Waals surface area contributed by atoms with Crippen LogP contribution in [-0.4, -0.2) is 24.7 Å². The Morgan fingerprint density at radius 1 is 1.13 bits per heavy atom. The molecule has 7 nitrogen and oxygen atoms in total. The van der Waals surface area contributed by atoms with Gasteiger partial charge in [-0.2, -0.15) is 10.1 Å². The summed E-state index contributed by atoms with van der Waals surface area (Å²) in [5, 5.41) is 11.8. The molecule has 0 unspecified atom stereocenters. The molecule has 5 rings (SSSR count). The van der Waals surface area contributed by atoms with Gasteiger partial charge in [0.15, 0.2) is 0 Å². The van der Waals surface area contributed by atoms with Crippen LogP contribution in [0.15, 0.2) is 59.7 Å². The lowest BCUT2D eigenvalue weighted by Gasteiger charge is -2.10. The van der Waals surface area contributed by atoms with Crippen LogP contribution < -0.4 is 10.9 Å². The van der Waals surface area contributed by atoms with Crippen LogP contribution in [0.4, 0.5) is 16.0 Å². The van der Waals surface area contributed by atoms with E-state index in [1.807, 2.05) is 18.2 Å². The highest BCUT2D eigenvalue weighted by Crippen LogP contribution is 2.22. The van der Waals surface area contributed by atoms with E-state index < -0.39 is 5.82 Å². The number of nitrogens with one attached hydrogen (secondary N) is 2. The standard InChI is InChI=1S/C22H16ClFN6O/c1-30-20-15(8-13(21(30)31)6-12-2-4-18(24)17(23)7-12)10-25-22(28-20)27-16-3-5-19-14(9-16)11-26-29-19/h2-5,7-11H,6H2,1H3,(H,26,29)(H,25,27,28). The average Bonchev–Trinajstić information content (AvgIpc) is 3.23. The number of aromatic nitrogens is 5. The summed E-state index contributed by atoms with van der Waals surface area (Å²) in [5.74, 6) is -0.111. The Bertz CT molecular complexity index is 1510. The summed E-state index contributed by atoms with van der Waals surface area (Å²) in [5.41, 5.74) is 3.36. The summed E-state index contributed by atoms with van der Waals surface area (Å²) in [6.07, 6.45) is 3.73. The smallest absolute Gasteiger partial charge is 0.255 e. The third-order valence-electron chi connectivity index (χ3n) is 5.10. The molecule has 0 aliphatic rings. The van der Waals surface area contributed by atoms with E-state index in [1.54, 1.807) is 31.6 Å². The first kappa shape index (κ1) is 19.2. The van der Waals surface area contributed by atoms with Crippen LogP contribution in [0.3, 0.4) is 0 Å². The molecule has 0 atom stereocenters. The number of benzene rings is 2. The number of aryl methyl sites for hydroxylation is 1. The SMILES string of the molecule is Cn1c(=O)c(Cc2ccc(F)c(Cl)c2)cc2cnc(Nc3ccc4[nH]ncc4c3)nc21. The quantitative estimate of drug-likeness (QED) is 0.439. The molecule has 0 amide bonds. The number of fused-ring (bicyclic) bond motifs is 2. The summed E-state index contributed by atoms with van der Waals surface area (Å²) in [6.45, 7) is 0. The van der Waals surface area contributed by atoms with E-state index in [1.165, 1.54) is 16.7 Å². The molecule has 2 N–H and O–H groups in total. The van der Waals surface area contributed by atoms with E-state index >= 15 is 0 Å². The maximum atomic E-state index is 13.4. The van der Waals surface area contributed by atoms with Gasteiger partial charge in [-0.05, 0) is 42.0 Å². The lowest BCUT2D eigenvalue weighted by atomic mass is 10.1. The highest BCUT2D eigenvalue weighted by molar-refractivity contribution is 6.30. The number of anilines is 2. The summed E-state index contributed by atoms with van der Waals surface area (Å²) >= 11 is 5.87. The fourth-order valence-electron chi connectivity index (χ4n) is 3.52. The van der Waals surface area contributed by atoms with E-state index in [0.29, 0.717) is 23.6 Å². The number of hydrogen-bond donors (Lipinski definition) is 2. The molecule has 0 radical (unpaired) electrons. The van der Waals surface area contributed by atoms with E-state index in [9.17, 15) is 9.18 Å². The third kappa shape index (κ3) is 3.62. The first-order chi connectivity index (χ1) is 15.0. The van der Waals surface area contributed by atoms with Gasteiger partial charge in [-0.15, -0.1) is 0 Å². The molecule has 3 heterocycles. The monoisotopic (exact) mass is 434 g/mol. The summed E-state index contributed by atoms with van der Waals surface area (Å²) < 4.78 is 14.9. The molecule has 0 spiro atoms. The Morgan fingerprint density at radius 2 is 2.00 bits per heavy atom. The zero-order valence-electron chi connectivity index (χ0n) is 16.4. The zero-order chi connectivity index (χ0) is 21.5. The first-order valence-electron chi connectivity index (χ1n) is 9.48. The molecular weight excluding hydrogens is 419 g/mol. The van der Waals surface area contributed by atoms with E-state index in [-0.39, 0.29) is 10.6 Å². The number of rotatable bonds is 4. The van der Waals surface area contributed by atoms with Gasteiger partial charge in [-0.1, -0.05) is 17.7 Å². The average molecular weight is 435 g/mol. The van der Waals surface area contributed by atoms with Crippen molar-refractivity contribution in [2.24, 2.45) is 7.05 Å². The Balaban J connectivity index is 1.49. The molecule has 0 saturated carbocycles. The summed E-state index contributed by atoms with van der Waals surface area (Å²) in [4.78, 5) is 21.8. The zero-order valence-corrected chi connectivity index (χ0v) is 17.1. The van der Waals surface area contributed by atoms with E-state index in [4.69, 9.17) is 11.6 Å². The van der Waals surface area contributed by atoms with E-state index in [2.05, 4.69) is 25.5 Å². The Morgan fingerprint density at radius 3 is 2.84 bits per heavy atom. The van der Waals surface area contributed by atoms with Gasteiger partial charge in [-0.25, -0.2) is 9.37 Å². The van der Waals surface area contributed by atoms with Crippen LogP contribution in [-0.2, 0) is 13.5 Å². The third-order valence-corrected chi connectivity index (χ3v) is 5.39. The Labute approximate surface area is 180 Å². The lowest BCUT2D eigenvalue weighted by Crippen LogP contribution is -2.22. The van der Waals surface area contributed by atoms with Gasteiger partial charge in [-0.3, -0.25) is 14.5 Å². The second kappa shape index (κ2) is 7.48. The Kier molecular flexibility index (Phi) is 4.63. The van der Waals surface area contributed by atoms with Crippen LogP contribution in [0.1, 0.15) is 11.1 Å². The summed E-state index contributed by atoms with van der Waals surface area (Å²) in [6, 6.07) is 11.9. The molecule has 2 aromatic carbocycles. The minimum absolute atomic E-state index is 0.0303. The molecule has 9 heteroatoms. The number of hydrogen-bond acceptors (Lipinski definition) is 5. The molecule has 154 valence electrons. The van der Waals surface area contributed by atoms with Crippen LogP contribution >= 0.6 is 11.6 Å². The largest absolute Gasteiger partial charge is 0.324 e. The molecular formula is C22H16ClFN6O. The molecule has 31 heavy (non-hydrogen) atoms. The fraction of sp³-hybridized carbons (Fsp3) is 0.0909. The minimum Gasteiger partial charge on any atom is -0.324 e. The van der Waals surface area contributed by atoms with Gasteiger partial charge in [0.05, 0.1) is 16.7 Å². The van der Waals surface area contributed by atoms with Crippen molar-refractivity contribution in [3.05, 3.63) is 87.2 Å². The predicted molar refractivity (Wildman–Crippen MR) is 118 cm³/mol. The highest BCUT2D eigenvalue weighted by Gasteiger charge is 2.12. The summed E-state index contributed by atoms with van der Waals surface area (Å²) in [7, 11) is 1.67. The first-order valence-corrected chi connectivity index (χ1v) is 9.85. The van der Waals surface area contributed by atoms with Crippen molar-refractivity contribution in [2.75, 3.05) is 5.32 Å². The van der Waals surface area contributed by atoms with Crippen molar-refractivity contribution in [1.29, 1.82) is 0 Å². The number of halogens is 2. The second-order valence-electron chi connectivity index (χ2n) is 7.23. The fourth-order valence-corrected chi connectivity index (χ4v) is 3.72. The molecule has 0 fully saturated rings. The second-order valence-corrected chi connectivity index (χ2v) is 7.64. The van der Waals surface area contributed by atoms with E-state index in [0.717, 1.165) is 27.5 Å². The number of aromatic amines is 1. The minimum atomic E-state index is -0.489. The number of pyridine rings is 1. The Hall–Kier alpha value is -3.78. The normalized spacial score (nSPS) is 11.3. The van der Waals surface area contributed by atoms with Gasteiger partial charge in [0.25, 0.3) is 5.56 Å². The number of H-pyrrole nitrogens is 1. The molecule has 3 aromatic heterocycles. The van der Waals surface area contributed by atoms with Gasteiger partial charge in [0.2, 0.25) is 5.95 Å². The van der Waals surface area contributed by atoms with Crippen molar-refractivity contribution in [1.82, 2.24) is 24.7 Å². The maximum Gasteiger partial charge on any atom is 0.255 e. The van der Waals surface area contributed by atoms with Gasteiger partial charge in [0.1, 0.15) is 11.5 Å². The lowest BCUT2D eigenvalue weighted by molar-refractivity contribution is 0.627. The van der Waals surface area contributed by atoms with Crippen LogP contribution in [0, 0.1) is 5.82 Å². The van der Waals surface area contributed by atoms with Crippen molar-refractivity contribution in [3.8, 4) is 0 Å². The van der Waals surface area contributed by atoms with Gasteiger partial charge in [0, 0.05) is 41.7 Å². The molecule has 0 aliphatic heterocycles. The van der Waals surface area contributed by atoms with Crippen molar-refractivity contribution < 1.29 is 4.39 Å². The van der Waals surface area contributed by atoms with Crippen LogP contribution in [0.5, 0.6) is 0 Å². The molecule has 0 saturated heterocycles. The topological polar surface area (TPSA) is 88.5 Å². The number of nitrogens with zero attached hydrogens (tertiary/aromatic N) is 4. The van der Waals surface area contributed by atoms with Crippen LogP contribution in [0.25, 0.3) is 21.9 Å². The van der Waals surface area contributed by atoms with Crippen molar-refractivity contribution in [3.63, 3.8) is 0 Å². The molecule has 0 aliphatic carbocycles. The van der Waals surface area contributed by atoms with Crippen molar-refractivity contribution in [2.45, 2.75) is 6.42 Å². The molecule has 5 aromatic rings. The van der Waals surface area contributed by atoms with Crippen LogP contribution in [0.2, 0.25) is 5.02 Å². The molecule has 0 bridgehead atoms. The van der Waals surface area contributed by atoms with Crippen molar-refractivity contribution >= 4 is 45.2 Å². The predicted octanol–water partition coefficient (Wildman–Crippen LogP) is 4.33. The van der Waals surface area contributed by atoms with Gasteiger partial charge < -0.3 is 5.32 Å². The van der Waals surface area contributed by atoms with Gasteiger partial charge >= 0.3 is 0 Å². The maximum absolute atomic E-state index is 13.4. The highest BCUT2D eigenvalue weighted by atomic mass is 35.5.